The first kappa shape index (κ1) is 8.48. The molecule has 1 heterocycles. The molecule has 0 saturated heterocycles. The van der Waals surface area contributed by atoms with E-state index in [0.29, 0.717) is 18.3 Å². The summed E-state index contributed by atoms with van der Waals surface area (Å²) in [7, 11) is 0. The van der Waals surface area contributed by atoms with Gasteiger partial charge in [-0.3, -0.25) is 4.98 Å². The van der Waals surface area contributed by atoms with Crippen LogP contribution in [0.4, 0.5) is 4.39 Å². The minimum Gasteiger partial charge on any atom is -0.490 e. The number of nitrogens with zero attached hydrogens (tertiary/aromatic N) is 1. The predicted octanol–water partition coefficient (Wildman–Crippen LogP) is 2.32. The van der Waals surface area contributed by atoms with Crippen molar-refractivity contribution in [3.05, 3.63) is 23.8 Å². The van der Waals surface area contributed by atoms with Gasteiger partial charge in [0.05, 0.1) is 12.8 Å². The average molecular weight is 181 g/mol. The van der Waals surface area contributed by atoms with Gasteiger partial charge in [-0.2, -0.15) is 0 Å². The van der Waals surface area contributed by atoms with Crippen LogP contribution in [0, 0.1) is 18.7 Å². The van der Waals surface area contributed by atoms with E-state index in [1.54, 1.807) is 6.07 Å². The highest BCUT2D eigenvalue weighted by molar-refractivity contribution is 5.24. The monoisotopic (exact) mass is 181 g/mol. The summed E-state index contributed by atoms with van der Waals surface area (Å²) in [6.07, 6.45) is 3.63. The minimum absolute atomic E-state index is 0.333. The molecule has 0 amide bonds. The second-order valence-electron chi connectivity index (χ2n) is 3.51. The van der Waals surface area contributed by atoms with Gasteiger partial charge >= 0.3 is 0 Å². The normalized spacial score (nSPS) is 15.8. The zero-order valence-corrected chi connectivity index (χ0v) is 7.59. The highest BCUT2D eigenvalue weighted by atomic mass is 19.1. The molecule has 0 N–H and O–H groups in total. The van der Waals surface area contributed by atoms with Crippen molar-refractivity contribution in [2.45, 2.75) is 19.8 Å². The van der Waals surface area contributed by atoms with Gasteiger partial charge in [-0.25, -0.2) is 4.39 Å². The predicted molar refractivity (Wildman–Crippen MR) is 47.2 cm³/mol. The molecule has 13 heavy (non-hydrogen) atoms. The van der Waals surface area contributed by atoms with Crippen LogP contribution in [-0.2, 0) is 0 Å². The smallest absolute Gasteiger partial charge is 0.183 e. The summed E-state index contributed by atoms with van der Waals surface area (Å²) in [6.45, 7) is 2.46. The topological polar surface area (TPSA) is 22.1 Å². The lowest BCUT2D eigenvalue weighted by Gasteiger charge is -2.06. The lowest BCUT2D eigenvalue weighted by molar-refractivity contribution is 0.284. The molecule has 1 aromatic rings. The number of aryl methyl sites for hydroxylation is 1. The standard InChI is InChI=1S/C10H12FNO/c1-7-4-10(9(11)5-12-7)13-6-8-2-3-8/h4-5,8H,2-3,6H2,1H3. The Morgan fingerprint density at radius 2 is 2.38 bits per heavy atom. The zero-order valence-electron chi connectivity index (χ0n) is 7.59. The molecule has 1 aromatic heterocycles. The first-order chi connectivity index (χ1) is 6.25. The second-order valence-corrected chi connectivity index (χ2v) is 3.51. The number of aromatic nitrogens is 1. The molecule has 0 spiro atoms. The first-order valence-electron chi connectivity index (χ1n) is 4.50. The van der Waals surface area contributed by atoms with Crippen molar-refractivity contribution in [2.75, 3.05) is 6.61 Å². The van der Waals surface area contributed by atoms with Crippen LogP contribution < -0.4 is 4.74 Å². The Morgan fingerprint density at radius 1 is 1.62 bits per heavy atom. The number of halogens is 1. The van der Waals surface area contributed by atoms with E-state index < -0.39 is 0 Å². The Hall–Kier alpha value is -1.12. The van der Waals surface area contributed by atoms with Crippen LogP contribution in [0.2, 0.25) is 0 Å². The molecule has 70 valence electrons. The van der Waals surface area contributed by atoms with Gasteiger partial charge in [-0.15, -0.1) is 0 Å². The third kappa shape index (κ3) is 2.17. The summed E-state index contributed by atoms with van der Waals surface area (Å²) in [4.78, 5) is 3.83. The van der Waals surface area contributed by atoms with Crippen molar-refractivity contribution >= 4 is 0 Å². The number of hydrogen-bond donors (Lipinski definition) is 0. The largest absolute Gasteiger partial charge is 0.490 e. The van der Waals surface area contributed by atoms with Gasteiger partial charge in [0.15, 0.2) is 11.6 Å². The molecule has 1 aliphatic carbocycles. The maximum atomic E-state index is 13.1. The molecule has 0 bridgehead atoms. The third-order valence-corrected chi connectivity index (χ3v) is 2.13. The molecule has 1 aliphatic rings. The van der Waals surface area contributed by atoms with E-state index in [2.05, 4.69) is 4.98 Å². The highest BCUT2D eigenvalue weighted by Gasteiger charge is 2.22. The van der Waals surface area contributed by atoms with E-state index in [-0.39, 0.29) is 5.82 Å². The summed E-state index contributed by atoms with van der Waals surface area (Å²) in [5.41, 5.74) is 0.784. The van der Waals surface area contributed by atoms with Crippen molar-refractivity contribution in [2.24, 2.45) is 5.92 Å². The lowest BCUT2D eigenvalue weighted by Crippen LogP contribution is -2.01. The number of ether oxygens (including phenoxy) is 1. The molecule has 3 heteroatoms. The maximum Gasteiger partial charge on any atom is 0.183 e. The van der Waals surface area contributed by atoms with E-state index in [1.165, 1.54) is 19.0 Å². The molecule has 2 rings (SSSR count). The van der Waals surface area contributed by atoms with Crippen molar-refractivity contribution in [3.63, 3.8) is 0 Å². The molecule has 0 atom stereocenters. The summed E-state index contributed by atoms with van der Waals surface area (Å²) in [6, 6.07) is 1.64. The van der Waals surface area contributed by atoms with Crippen LogP contribution in [-0.4, -0.2) is 11.6 Å². The van der Waals surface area contributed by atoms with E-state index in [1.807, 2.05) is 6.92 Å². The fraction of sp³-hybridized carbons (Fsp3) is 0.500. The Labute approximate surface area is 76.7 Å². The van der Waals surface area contributed by atoms with Gasteiger partial charge in [0.25, 0.3) is 0 Å². The molecule has 1 fully saturated rings. The van der Waals surface area contributed by atoms with Crippen molar-refractivity contribution < 1.29 is 9.13 Å². The van der Waals surface area contributed by atoms with Gasteiger partial charge < -0.3 is 4.74 Å². The average Bonchev–Trinajstić information content (AvgIpc) is 2.90. The van der Waals surface area contributed by atoms with E-state index in [9.17, 15) is 4.39 Å². The van der Waals surface area contributed by atoms with Gasteiger partial charge in [0.1, 0.15) is 0 Å². The lowest BCUT2D eigenvalue weighted by atomic mass is 10.3. The number of pyridine rings is 1. The Balaban J connectivity index is 2.03. The van der Waals surface area contributed by atoms with Crippen LogP contribution in [0.1, 0.15) is 18.5 Å². The van der Waals surface area contributed by atoms with Crippen LogP contribution in [0.5, 0.6) is 5.75 Å². The maximum absolute atomic E-state index is 13.1. The van der Waals surface area contributed by atoms with Gasteiger partial charge in [0, 0.05) is 11.8 Å². The van der Waals surface area contributed by atoms with Crippen LogP contribution in [0.25, 0.3) is 0 Å². The summed E-state index contributed by atoms with van der Waals surface area (Å²) < 4.78 is 18.4. The first-order valence-corrected chi connectivity index (χ1v) is 4.50. The highest BCUT2D eigenvalue weighted by Crippen LogP contribution is 2.30. The van der Waals surface area contributed by atoms with Crippen molar-refractivity contribution in [3.8, 4) is 5.75 Å². The van der Waals surface area contributed by atoms with Crippen molar-refractivity contribution in [1.29, 1.82) is 0 Å². The summed E-state index contributed by atoms with van der Waals surface area (Å²) in [5.74, 6) is 0.610. The Kier molecular flexibility index (Phi) is 2.17. The van der Waals surface area contributed by atoms with Gasteiger partial charge in [-0.1, -0.05) is 0 Å². The fourth-order valence-corrected chi connectivity index (χ4v) is 1.12. The summed E-state index contributed by atoms with van der Waals surface area (Å²) >= 11 is 0. The zero-order chi connectivity index (χ0) is 9.26. The molecule has 0 aromatic carbocycles. The fourth-order valence-electron chi connectivity index (χ4n) is 1.12. The quantitative estimate of drug-likeness (QED) is 0.713. The van der Waals surface area contributed by atoms with Gasteiger partial charge in [-0.05, 0) is 25.7 Å². The van der Waals surface area contributed by atoms with E-state index in [0.717, 1.165) is 5.69 Å². The van der Waals surface area contributed by atoms with Crippen LogP contribution >= 0.6 is 0 Å². The molecular weight excluding hydrogens is 169 g/mol. The molecule has 0 radical (unpaired) electrons. The number of hydrogen-bond acceptors (Lipinski definition) is 2. The molecule has 0 unspecified atom stereocenters. The minimum atomic E-state index is -0.369. The van der Waals surface area contributed by atoms with Crippen molar-refractivity contribution in [1.82, 2.24) is 4.98 Å². The molecular formula is C10H12FNO. The van der Waals surface area contributed by atoms with E-state index in [4.69, 9.17) is 4.74 Å². The second kappa shape index (κ2) is 3.32. The third-order valence-electron chi connectivity index (χ3n) is 2.13. The van der Waals surface area contributed by atoms with Crippen LogP contribution in [0.3, 0.4) is 0 Å². The van der Waals surface area contributed by atoms with Gasteiger partial charge in [0.2, 0.25) is 0 Å². The summed E-state index contributed by atoms with van der Waals surface area (Å²) in [5, 5.41) is 0. The molecule has 0 aliphatic heterocycles. The Morgan fingerprint density at radius 3 is 3.08 bits per heavy atom. The molecule has 2 nitrogen and oxygen atoms in total. The SMILES string of the molecule is Cc1cc(OCC2CC2)c(F)cn1. The molecule has 1 saturated carbocycles. The Bertz CT molecular complexity index is 310. The number of rotatable bonds is 3. The van der Waals surface area contributed by atoms with Crippen LogP contribution in [0.15, 0.2) is 12.3 Å². The van der Waals surface area contributed by atoms with E-state index >= 15 is 0 Å².